The van der Waals surface area contributed by atoms with Crippen molar-refractivity contribution in [2.75, 3.05) is 13.1 Å². The molecule has 1 aliphatic carbocycles. The average Bonchev–Trinajstić information content (AvgIpc) is 3.29. The molecule has 2 aliphatic heterocycles. The van der Waals surface area contributed by atoms with E-state index in [1.165, 1.54) is 12.8 Å². The van der Waals surface area contributed by atoms with Crippen molar-refractivity contribution >= 4 is 11.8 Å². The molecule has 0 spiro atoms. The number of fused-ring (bicyclic) bond motifs is 1. The average molecular weight is 358 g/mol. The quantitative estimate of drug-likeness (QED) is 0.903. The van der Waals surface area contributed by atoms with Crippen molar-refractivity contribution in [3.63, 3.8) is 0 Å². The third-order valence-corrected chi connectivity index (χ3v) is 6.29. The van der Waals surface area contributed by atoms with Crippen LogP contribution in [0.25, 0.3) is 0 Å². The first-order valence-corrected chi connectivity index (χ1v) is 10.3. The Balaban J connectivity index is 1.57. The highest BCUT2D eigenvalue weighted by atomic mass is 16.2. The lowest BCUT2D eigenvalue weighted by atomic mass is 9.99. The third-order valence-electron chi connectivity index (χ3n) is 6.29. The first-order valence-electron chi connectivity index (χ1n) is 10.3. The van der Waals surface area contributed by atoms with E-state index in [2.05, 4.69) is 17.2 Å². The largest absolute Gasteiger partial charge is 0.348 e. The fourth-order valence-electron chi connectivity index (χ4n) is 4.57. The van der Waals surface area contributed by atoms with Gasteiger partial charge in [0.15, 0.2) is 5.82 Å². The fraction of sp³-hybridized carbons (Fsp3) is 0.750. The van der Waals surface area contributed by atoms with Crippen LogP contribution in [0.3, 0.4) is 0 Å². The Morgan fingerprint density at radius 3 is 2.46 bits per heavy atom. The lowest BCUT2D eigenvalue weighted by Crippen LogP contribution is -2.39. The summed E-state index contributed by atoms with van der Waals surface area (Å²) in [5.74, 6) is 1.07. The molecule has 2 fully saturated rings. The normalized spacial score (nSPS) is 21.7. The zero-order valence-electron chi connectivity index (χ0n) is 15.8. The van der Waals surface area contributed by atoms with E-state index >= 15 is 0 Å². The number of nitrogens with one attached hydrogen (secondary N) is 1. The first-order chi connectivity index (χ1) is 12.6. The Kier molecular flexibility index (Phi) is 5.00. The van der Waals surface area contributed by atoms with E-state index in [1.54, 1.807) is 0 Å². The van der Waals surface area contributed by atoms with Gasteiger partial charge in [0.2, 0.25) is 0 Å². The second-order valence-corrected chi connectivity index (χ2v) is 8.27. The van der Waals surface area contributed by atoms with Crippen LogP contribution >= 0.6 is 0 Å². The number of imidazole rings is 1. The number of aromatic nitrogens is 2. The highest BCUT2D eigenvalue weighted by Gasteiger charge is 2.31. The highest BCUT2D eigenvalue weighted by molar-refractivity contribution is 5.97. The van der Waals surface area contributed by atoms with Crippen LogP contribution in [0.4, 0.5) is 0 Å². The van der Waals surface area contributed by atoms with Crippen LogP contribution in [0, 0.1) is 5.92 Å². The van der Waals surface area contributed by atoms with Gasteiger partial charge in [-0.05, 0) is 50.9 Å². The van der Waals surface area contributed by atoms with Crippen LogP contribution in [0.1, 0.15) is 85.1 Å². The Morgan fingerprint density at radius 2 is 1.73 bits per heavy atom. The SMILES string of the molecule is CC1CCN(C(=O)c2nc(C(=O)NC3CCCC3)c3n2CCCC3)CC1. The molecule has 3 aliphatic rings. The molecule has 6 heteroatoms. The third kappa shape index (κ3) is 3.38. The predicted molar refractivity (Wildman–Crippen MR) is 99.2 cm³/mol. The molecule has 1 saturated heterocycles. The number of carbonyl (C=O) groups is 2. The van der Waals surface area contributed by atoms with Crippen LogP contribution in [0.2, 0.25) is 0 Å². The topological polar surface area (TPSA) is 67.2 Å². The minimum atomic E-state index is -0.0890. The van der Waals surface area contributed by atoms with Gasteiger partial charge in [-0.3, -0.25) is 9.59 Å². The summed E-state index contributed by atoms with van der Waals surface area (Å²) in [4.78, 5) is 32.4. The maximum atomic E-state index is 13.1. The monoisotopic (exact) mass is 358 g/mol. The zero-order chi connectivity index (χ0) is 18.1. The Labute approximate surface area is 155 Å². The van der Waals surface area contributed by atoms with Gasteiger partial charge in [-0.15, -0.1) is 0 Å². The Morgan fingerprint density at radius 1 is 1.00 bits per heavy atom. The van der Waals surface area contributed by atoms with Gasteiger partial charge in [0.1, 0.15) is 5.69 Å². The molecule has 0 radical (unpaired) electrons. The summed E-state index contributed by atoms with van der Waals surface area (Å²) in [6.07, 6.45) is 9.52. The number of hydrogen-bond donors (Lipinski definition) is 1. The van der Waals surface area contributed by atoms with Crippen molar-refractivity contribution in [2.45, 2.75) is 77.3 Å². The molecule has 0 bridgehead atoms. The van der Waals surface area contributed by atoms with Crippen LogP contribution in [-0.4, -0.2) is 45.4 Å². The Hall–Kier alpha value is -1.85. The second-order valence-electron chi connectivity index (χ2n) is 8.27. The molecule has 1 N–H and O–H groups in total. The van der Waals surface area contributed by atoms with Gasteiger partial charge in [-0.2, -0.15) is 0 Å². The molecule has 1 aromatic heterocycles. The summed E-state index contributed by atoms with van der Waals surface area (Å²) in [6.45, 7) is 4.63. The molecule has 26 heavy (non-hydrogen) atoms. The number of amides is 2. The van der Waals surface area contributed by atoms with E-state index in [9.17, 15) is 9.59 Å². The molecule has 4 rings (SSSR count). The predicted octanol–water partition coefficient (Wildman–Crippen LogP) is 2.76. The van der Waals surface area contributed by atoms with Gasteiger partial charge in [-0.1, -0.05) is 19.8 Å². The Bertz CT molecular complexity index is 682. The molecule has 6 nitrogen and oxygen atoms in total. The van der Waals surface area contributed by atoms with Gasteiger partial charge in [0.05, 0.1) is 5.69 Å². The molecule has 1 saturated carbocycles. The number of rotatable bonds is 3. The minimum Gasteiger partial charge on any atom is -0.348 e. The summed E-state index contributed by atoms with van der Waals surface area (Å²) >= 11 is 0. The molecule has 3 heterocycles. The van der Waals surface area contributed by atoms with E-state index in [0.29, 0.717) is 17.4 Å². The molecule has 1 aromatic rings. The van der Waals surface area contributed by atoms with Gasteiger partial charge in [-0.25, -0.2) is 4.98 Å². The van der Waals surface area contributed by atoms with Crippen LogP contribution in [-0.2, 0) is 13.0 Å². The highest BCUT2D eigenvalue weighted by Crippen LogP contribution is 2.25. The van der Waals surface area contributed by atoms with Crippen molar-refractivity contribution in [1.29, 1.82) is 0 Å². The lowest BCUT2D eigenvalue weighted by Gasteiger charge is -2.30. The van der Waals surface area contributed by atoms with Crippen LogP contribution < -0.4 is 5.32 Å². The van der Waals surface area contributed by atoms with E-state index in [1.807, 2.05) is 9.47 Å². The second kappa shape index (κ2) is 7.41. The smallest absolute Gasteiger partial charge is 0.289 e. The van der Waals surface area contributed by atoms with Crippen molar-refractivity contribution < 1.29 is 9.59 Å². The molecule has 142 valence electrons. The van der Waals surface area contributed by atoms with Crippen molar-refractivity contribution in [2.24, 2.45) is 5.92 Å². The molecule has 0 unspecified atom stereocenters. The molecular weight excluding hydrogens is 328 g/mol. The molecular formula is C20H30N4O2. The number of piperidine rings is 1. The van der Waals surface area contributed by atoms with E-state index in [-0.39, 0.29) is 17.9 Å². The maximum Gasteiger partial charge on any atom is 0.289 e. The fourth-order valence-corrected chi connectivity index (χ4v) is 4.57. The lowest BCUT2D eigenvalue weighted by molar-refractivity contribution is 0.0678. The van der Waals surface area contributed by atoms with Crippen molar-refractivity contribution in [1.82, 2.24) is 19.8 Å². The summed E-state index contributed by atoms with van der Waals surface area (Å²) in [7, 11) is 0. The summed E-state index contributed by atoms with van der Waals surface area (Å²) in [6, 6.07) is 0.270. The molecule has 0 aromatic carbocycles. The molecule has 2 amide bonds. The van der Waals surface area contributed by atoms with Crippen LogP contribution in [0.15, 0.2) is 0 Å². The number of likely N-dealkylation sites (tertiary alicyclic amines) is 1. The molecule has 0 atom stereocenters. The minimum absolute atomic E-state index is 0.0000311. The first kappa shape index (κ1) is 17.6. The maximum absolute atomic E-state index is 13.1. The number of nitrogens with zero attached hydrogens (tertiary/aromatic N) is 3. The van der Waals surface area contributed by atoms with Crippen molar-refractivity contribution in [3.8, 4) is 0 Å². The zero-order valence-corrected chi connectivity index (χ0v) is 15.8. The summed E-state index contributed by atoms with van der Waals surface area (Å²) in [5.41, 5.74) is 1.45. The van der Waals surface area contributed by atoms with E-state index in [4.69, 9.17) is 0 Å². The van der Waals surface area contributed by atoms with Crippen molar-refractivity contribution in [3.05, 3.63) is 17.2 Å². The summed E-state index contributed by atoms with van der Waals surface area (Å²) < 4.78 is 2.02. The van der Waals surface area contributed by atoms with Crippen LogP contribution in [0.5, 0.6) is 0 Å². The summed E-state index contributed by atoms with van der Waals surface area (Å²) in [5, 5.41) is 3.14. The number of hydrogen-bond acceptors (Lipinski definition) is 3. The number of carbonyl (C=O) groups excluding carboxylic acids is 2. The van der Waals surface area contributed by atoms with Gasteiger partial charge in [0, 0.05) is 25.7 Å². The van der Waals surface area contributed by atoms with Gasteiger partial charge in [0.25, 0.3) is 11.8 Å². The van der Waals surface area contributed by atoms with E-state index in [0.717, 1.165) is 70.3 Å². The standard InChI is InChI=1S/C20H30N4O2/c1-14-9-12-23(13-10-14)20(26)18-22-17(16-8-4-5-11-24(16)18)19(25)21-15-6-2-3-7-15/h14-15H,2-13H2,1H3,(H,21,25). The van der Waals surface area contributed by atoms with Gasteiger partial charge < -0.3 is 14.8 Å². The van der Waals surface area contributed by atoms with E-state index < -0.39 is 0 Å². The van der Waals surface area contributed by atoms with Gasteiger partial charge >= 0.3 is 0 Å².